The summed E-state index contributed by atoms with van der Waals surface area (Å²) in [6, 6.07) is 8.17. The molecular weight excluding hydrogens is 422 g/mol. The Morgan fingerprint density at radius 1 is 1.12 bits per heavy atom. The van der Waals surface area contributed by atoms with Crippen LogP contribution >= 0.6 is 0 Å². The highest BCUT2D eigenvalue weighted by molar-refractivity contribution is 5.92. The molecule has 1 aliphatic carbocycles. The number of benzene rings is 1. The molecule has 8 heteroatoms. The molecule has 1 saturated carbocycles. The molecule has 1 aliphatic heterocycles. The number of amides is 3. The Morgan fingerprint density at radius 2 is 1.85 bits per heavy atom. The van der Waals surface area contributed by atoms with E-state index in [1.807, 2.05) is 44.2 Å². The lowest BCUT2D eigenvalue weighted by Crippen LogP contribution is -2.53. The van der Waals surface area contributed by atoms with Crippen LogP contribution in [0.3, 0.4) is 0 Å². The molecule has 2 fully saturated rings. The van der Waals surface area contributed by atoms with Gasteiger partial charge in [-0.25, -0.2) is 4.79 Å². The number of nitrogens with one attached hydrogen (secondary N) is 3. The van der Waals surface area contributed by atoms with E-state index in [9.17, 15) is 19.2 Å². The molecule has 0 radical (unpaired) electrons. The first-order valence-corrected chi connectivity index (χ1v) is 11.8. The number of piperidine rings is 1. The van der Waals surface area contributed by atoms with Crippen molar-refractivity contribution >= 4 is 23.7 Å². The highest BCUT2D eigenvalue weighted by Gasteiger charge is 2.45. The van der Waals surface area contributed by atoms with Crippen LogP contribution in [0.15, 0.2) is 30.3 Å². The van der Waals surface area contributed by atoms with E-state index in [1.54, 1.807) is 0 Å². The summed E-state index contributed by atoms with van der Waals surface area (Å²) in [4.78, 5) is 50.5. The smallest absolute Gasteiger partial charge is 0.328 e. The van der Waals surface area contributed by atoms with Crippen molar-refractivity contribution in [3.05, 3.63) is 35.9 Å². The van der Waals surface area contributed by atoms with Gasteiger partial charge in [0.25, 0.3) is 0 Å². The third-order valence-corrected chi connectivity index (χ3v) is 6.42. The van der Waals surface area contributed by atoms with Gasteiger partial charge in [0, 0.05) is 18.4 Å². The van der Waals surface area contributed by atoms with Crippen LogP contribution in [0, 0.1) is 17.8 Å². The number of carbonyl (C=O) groups is 4. The van der Waals surface area contributed by atoms with E-state index in [4.69, 9.17) is 4.74 Å². The predicted molar refractivity (Wildman–Crippen MR) is 123 cm³/mol. The van der Waals surface area contributed by atoms with Crippen molar-refractivity contribution in [2.45, 2.75) is 64.0 Å². The van der Waals surface area contributed by atoms with E-state index in [0.29, 0.717) is 19.4 Å². The Morgan fingerprint density at radius 3 is 2.48 bits per heavy atom. The number of rotatable bonds is 10. The van der Waals surface area contributed by atoms with E-state index in [1.165, 1.54) is 7.11 Å². The van der Waals surface area contributed by atoms with Crippen LogP contribution in [0.5, 0.6) is 0 Å². The minimum absolute atomic E-state index is 0.114. The molecule has 33 heavy (non-hydrogen) atoms. The van der Waals surface area contributed by atoms with Crippen molar-refractivity contribution < 1.29 is 23.9 Å². The molecule has 180 valence electrons. The molecule has 1 heterocycles. The number of ether oxygens (including phenoxy) is 1. The van der Waals surface area contributed by atoms with E-state index in [2.05, 4.69) is 16.0 Å². The van der Waals surface area contributed by atoms with Gasteiger partial charge in [0.05, 0.1) is 7.11 Å². The fourth-order valence-electron chi connectivity index (χ4n) is 4.51. The molecule has 3 rings (SSSR count). The number of esters is 1. The molecule has 1 unspecified atom stereocenters. The van der Waals surface area contributed by atoms with Crippen molar-refractivity contribution in [2.24, 2.45) is 17.8 Å². The first kappa shape index (κ1) is 24.7. The average molecular weight is 458 g/mol. The second-order valence-corrected chi connectivity index (χ2v) is 9.50. The molecule has 1 saturated heterocycles. The van der Waals surface area contributed by atoms with E-state index < -0.39 is 24.0 Å². The van der Waals surface area contributed by atoms with Gasteiger partial charge in [0.15, 0.2) is 0 Å². The van der Waals surface area contributed by atoms with Gasteiger partial charge in [0.2, 0.25) is 17.7 Å². The maximum absolute atomic E-state index is 13.1. The van der Waals surface area contributed by atoms with Crippen LogP contribution in [0.2, 0.25) is 0 Å². The lowest BCUT2D eigenvalue weighted by Gasteiger charge is -2.27. The fraction of sp³-hybridized carbons (Fsp3) is 0.600. The number of methoxy groups -OCH3 is 1. The summed E-state index contributed by atoms with van der Waals surface area (Å²) in [5.74, 6) is -1.48. The van der Waals surface area contributed by atoms with E-state index >= 15 is 0 Å². The number of carbonyl (C=O) groups excluding carboxylic acids is 4. The Hall–Kier alpha value is -2.90. The van der Waals surface area contributed by atoms with Gasteiger partial charge >= 0.3 is 5.97 Å². The van der Waals surface area contributed by atoms with Crippen molar-refractivity contribution in [2.75, 3.05) is 13.7 Å². The molecule has 2 aliphatic rings. The van der Waals surface area contributed by atoms with Crippen LogP contribution in [-0.4, -0.2) is 49.4 Å². The summed E-state index contributed by atoms with van der Waals surface area (Å²) in [6.45, 7) is 4.57. The van der Waals surface area contributed by atoms with Crippen molar-refractivity contribution in [1.29, 1.82) is 0 Å². The summed E-state index contributed by atoms with van der Waals surface area (Å²) in [6.07, 6.45) is 2.86. The van der Waals surface area contributed by atoms with Gasteiger partial charge in [-0.2, -0.15) is 0 Å². The third-order valence-electron chi connectivity index (χ3n) is 6.42. The molecule has 3 amide bonds. The first-order valence-electron chi connectivity index (χ1n) is 11.8. The second kappa shape index (κ2) is 11.3. The maximum atomic E-state index is 13.1. The third kappa shape index (κ3) is 6.79. The van der Waals surface area contributed by atoms with Crippen molar-refractivity contribution in [1.82, 2.24) is 16.0 Å². The molecular formula is C25H35N3O5. The molecule has 0 spiro atoms. The molecule has 1 aromatic rings. The molecule has 0 bridgehead atoms. The molecule has 3 N–H and O–H groups in total. The standard InChI is InChI=1S/C25H35N3O5/c1-15(2)12-20(27-23(30)19-14-18(19)16-8-5-4-6-9-16)24(31)28-21(25(32)33-3)13-17-10-7-11-26-22(17)29/h4-6,8-9,15,17-21H,7,10-14H2,1-3H3,(H,26,29)(H,27,30)(H,28,31)/t17?,18-,19+,20-,21-/m0/s1. The highest BCUT2D eigenvalue weighted by Crippen LogP contribution is 2.47. The molecule has 1 aromatic carbocycles. The van der Waals surface area contributed by atoms with E-state index in [0.717, 1.165) is 18.4 Å². The zero-order valence-corrected chi connectivity index (χ0v) is 19.6. The van der Waals surface area contributed by atoms with Gasteiger partial charge in [0.1, 0.15) is 12.1 Å². The van der Waals surface area contributed by atoms with Gasteiger partial charge < -0.3 is 20.7 Å². The van der Waals surface area contributed by atoms with Gasteiger partial charge in [-0.3, -0.25) is 14.4 Å². The Kier molecular flexibility index (Phi) is 8.47. The lowest BCUT2D eigenvalue weighted by atomic mass is 9.91. The second-order valence-electron chi connectivity index (χ2n) is 9.50. The summed E-state index contributed by atoms with van der Waals surface area (Å²) >= 11 is 0. The zero-order chi connectivity index (χ0) is 24.0. The van der Waals surface area contributed by atoms with Gasteiger partial charge in [-0.05, 0) is 49.5 Å². The Bertz CT molecular complexity index is 857. The maximum Gasteiger partial charge on any atom is 0.328 e. The van der Waals surface area contributed by atoms with Gasteiger partial charge in [-0.1, -0.05) is 44.2 Å². The van der Waals surface area contributed by atoms with Crippen LogP contribution in [-0.2, 0) is 23.9 Å². The SMILES string of the molecule is COC(=O)[C@H](CC1CCCNC1=O)NC(=O)[C@H](CC(C)C)NC(=O)[C@@H]1C[C@H]1c1ccccc1. The zero-order valence-electron chi connectivity index (χ0n) is 19.6. The Labute approximate surface area is 195 Å². The Balaban J connectivity index is 1.63. The topological polar surface area (TPSA) is 114 Å². The van der Waals surface area contributed by atoms with Crippen molar-refractivity contribution in [3.8, 4) is 0 Å². The average Bonchev–Trinajstić information content (AvgIpc) is 3.60. The summed E-state index contributed by atoms with van der Waals surface area (Å²) < 4.78 is 4.87. The predicted octanol–water partition coefficient (Wildman–Crippen LogP) is 1.90. The summed E-state index contributed by atoms with van der Waals surface area (Å²) in [5, 5.41) is 8.44. The van der Waals surface area contributed by atoms with Crippen LogP contribution < -0.4 is 16.0 Å². The number of hydrogen-bond acceptors (Lipinski definition) is 5. The molecule has 8 nitrogen and oxygen atoms in total. The largest absolute Gasteiger partial charge is 0.467 e. The van der Waals surface area contributed by atoms with E-state index in [-0.39, 0.29) is 41.9 Å². The minimum Gasteiger partial charge on any atom is -0.467 e. The summed E-state index contributed by atoms with van der Waals surface area (Å²) in [5.41, 5.74) is 1.12. The monoisotopic (exact) mass is 457 g/mol. The van der Waals surface area contributed by atoms with Crippen LogP contribution in [0.25, 0.3) is 0 Å². The lowest BCUT2D eigenvalue weighted by molar-refractivity contribution is -0.146. The van der Waals surface area contributed by atoms with Crippen LogP contribution in [0.4, 0.5) is 0 Å². The highest BCUT2D eigenvalue weighted by atomic mass is 16.5. The van der Waals surface area contributed by atoms with Crippen molar-refractivity contribution in [3.63, 3.8) is 0 Å². The quantitative estimate of drug-likeness (QED) is 0.465. The number of hydrogen-bond donors (Lipinski definition) is 3. The minimum atomic E-state index is -0.944. The first-order chi connectivity index (χ1) is 15.8. The molecule has 5 atom stereocenters. The normalized spacial score (nSPS) is 23.8. The fourth-order valence-corrected chi connectivity index (χ4v) is 4.51. The summed E-state index contributed by atoms with van der Waals surface area (Å²) in [7, 11) is 1.26. The van der Waals surface area contributed by atoms with Crippen LogP contribution in [0.1, 0.15) is 57.4 Å². The molecule has 0 aromatic heterocycles. The van der Waals surface area contributed by atoms with Gasteiger partial charge in [-0.15, -0.1) is 0 Å².